The molecule has 0 unspecified atom stereocenters. The normalized spacial score (nSPS) is 16.9. The van der Waals surface area contributed by atoms with Gasteiger partial charge in [0, 0.05) is 37.3 Å². The van der Waals surface area contributed by atoms with E-state index in [2.05, 4.69) is 32.3 Å². The molecule has 3 aromatic rings. The molecule has 5 rings (SSSR count). The van der Waals surface area contributed by atoms with Crippen molar-refractivity contribution in [3.63, 3.8) is 0 Å². The van der Waals surface area contributed by atoms with Crippen LogP contribution < -0.4 is 14.8 Å². The number of hydrogen-bond donors (Lipinski definition) is 2. The van der Waals surface area contributed by atoms with Gasteiger partial charge in [0.15, 0.2) is 11.5 Å². The summed E-state index contributed by atoms with van der Waals surface area (Å²) < 4.78 is 17.0. The molecular weight excluding hydrogens is 394 g/mol. The lowest BCUT2D eigenvalue weighted by atomic mass is 10.2. The fraction of sp³-hybridized carbons (Fsp3) is 0.391. The van der Waals surface area contributed by atoms with Crippen molar-refractivity contribution in [1.29, 1.82) is 0 Å². The summed E-state index contributed by atoms with van der Waals surface area (Å²) >= 11 is 0. The van der Waals surface area contributed by atoms with Gasteiger partial charge in [0.05, 0.1) is 37.9 Å². The lowest BCUT2D eigenvalue weighted by molar-refractivity contribution is 0.0321. The van der Waals surface area contributed by atoms with Crippen LogP contribution in [0.25, 0.3) is 22.4 Å². The molecule has 8 heteroatoms. The fourth-order valence-corrected chi connectivity index (χ4v) is 3.93. The Balaban J connectivity index is 1.32. The molecule has 0 amide bonds. The SMILES string of the molecule is COc1cc(-c2nc3ccc(C4=NCCN4)cc3[nH]2)ccc1OCCN1CCOCC1. The Kier molecular flexibility index (Phi) is 5.73. The fourth-order valence-electron chi connectivity index (χ4n) is 3.93. The molecule has 0 spiro atoms. The third-order valence-electron chi connectivity index (χ3n) is 5.64. The highest BCUT2D eigenvalue weighted by Gasteiger charge is 2.14. The van der Waals surface area contributed by atoms with Crippen molar-refractivity contribution >= 4 is 16.9 Å². The molecule has 2 aliphatic rings. The van der Waals surface area contributed by atoms with Gasteiger partial charge in [-0.1, -0.05) is 0 Å². The molecule has 0 atom stereocenters. The van der Waals surface area contributed by atoms with Gasteiger partial charge < -0.3 is 24.5 Å². The smallest absolute Gasteiger partial charge is 0.161 e. The number of aliphatic imine (C=N–C) groups is 1. The molecule has 2 aromatic carbocycles. The molecule has 8 nitrogen and oxygen atoms in total. The highest BCUT2D eigenvalue weighted by Crippen LogP contribution is 2.32. The zero-order valence-corrected chi connectivity index (χ0v) is 17.7. The van der Waals surface area contributed by atoms with Gasteiger partial charge in [0.1, 0.15) is 18.3 Å². The van der Waals surface area contributed by atoms with Gasteiger partial charge in [-0.05, 0) is 36.4 Å². The lowest BCUT2D eigenvalue weighted by Crippen LogP contribution is -2.38. The van der Waals surface area contributed by atoms with Crippen molar-refractivity contribution in [3.8, 4) is 22.9 Å². The number of nitrogens with one attached hydrogen (secondary N) is 2. The van der Waals surface area contributed by atoms with Crippen molar-refractivity contribution in [2.75, 3.05) is 59.7 Å². The molecule has 2 N–H and O–H groups in total. The summed E-state index contributed by atoms with van der Waals surface area (Å²) in [6.07, 6.45) is 0. The summed E-state index contributed by atoms with van der Waals surface area (Å²) in [4.78, 5) is 15.0. The number of morpholine rings is 1. The minimum absolute atomic E-state index is 0.612. The Bertz CT molecular complexity index is 1090. The van der Waals surface area contributed by atoms with Crippen molar-refractivity contribution in [3.05, 3.63) is 42.0 Å². The molecule has 31 heavy (non-hydrogen) atoms. The first-order valence-electron chi connectivity index (χ1n) is 10.7. The Morgan fingerprint density at radius 1 is 1.06 bits per heavy atom. The van der Waals surface area contributed by atoms with Gasteiger partial charge in [-0.2, -0.15) is 0 Å². The predicted octanol–water partition coefficient (Wildman–Crippen LogP) is 2.30. The first-order chi connectivity index (χ1) is 15.3. The predicted molar refractivity (Wildman–Crippen MR) is 120 cm³/mol. The van der Waals surface area contributed by atoms with E-state index < -0.39 is 0 Å². The van der Waals surface area contributed by atoms with E-state index in [1.165, 1.54) is 0 Å². The number of nitrogens with zero attached hydrogens (tertiary/aromatic N) is 3. The number of methoxy groups -OCH3 is 1. The van der Waals surface area contributed by atoms with Crippen LogP contribution in [-0.4, -0.2) is 80.4 Å². The minimum atomic E-state index is 0.612. The third kappa shape index (κ3) is 4.35. The van der Waals surface area contributed by atoms with E-state index in [4.69, 9.17) is 19.2 Å². The number of amidine groups is 1. The van der Waals surface area contributed by atoms with E-state index >= 15 is 0 Å². The number of H-pyrrole nitrogens is 1. The molecule has 1 fully saturated rings. The first kappa shape index (κ1) is 19.8. The highest BCUT2D eigenvalue weighted by molar-refractivity contribution is 6.02. The molecule has 0 saturated carbocycles. The highest BCUT2D eigenvalue weighted by atomic mass is 16.5. The Labute approximate surface area is 181 Å². The average Bonchev–Trinajstić information content (AvgIpc) is 3.49. The summed E-state index contributed by atoms with van der Waals surface area (Å²) in [5.41, 5.74) is 3.92. The van der Waals surface area contributed by atoms with Crippen LogP contribution in [0.3, 0.4) is 0 Å². The lowest BCUT2D eigenvalue weighted by Gasteiger charge is -2.26. The van der Waals surface area contributed by atoms with Crippen molar-refractivity contribution in [2.24, 2.45) is 4.99 Å². The van der Waals surface area contributed by atoms with Crippen LogP contribution in [0.5, 0.6) is 11.5 Å². The van der Waals surface area contributed by atoms with E-state index in [9.17, 15) is 0 Å². The summed E-state index contributed by atoms with van der Waals surface area (Å²) in [6, 6.07) is 12.1. The molecule has 2 aliphatic heterocycles. The van der Waals surface area contributed by atoms with E-state index in [1.807, 2.05) is 24.3 Å². The number of rotatable bonds is 7. The molecule has 0 radical (unpaired) electrons. The van der Waals surface area contributed by atoms with Crippen LogP contribution in [0.2, 0.25) is 0 Å². The van der Waals surface area contributed by atoms with Gasteiger partial charge in [-0.15, -0.1) is 0 Å². The van der Waals surface area contributed by atoms with E-state index in [0.29, 0.717) is 12.4 Å². The van der Waals surface area contributed by atoms with Crippen molar-refractivity contribution in [1.82, 2.24) is 20.2 Å². The largest absolute Gasteiger partial charge is 0.493 e. The standard InChI is InChI=1S/C23H27N5O3/c1-29-21-15-17(3-5-20(21)31-13-10-28-8-11-30-12-9-28)23-26-18-4-2-16(14-19(18)27-23)22-24-6-7-25-22/h2-5,14-15H,6-13H2,1H3,(H,24,25)(H,26,27). The maximum atomic E-state index is 6.00. The van der Waals surface area contributed by atoms with Crippen LogP contribution >= 0.6 is 0 Å². The maximum absolute atomic E-state index is 6.00. The maximum Gasteiger partial charge on any atom is 0.161 e. The number of aromatic nitrogens is 2. The van der Waals surface area contributed by atoms with E-state index in [-0.39, 0.29) is 0 Å². The second-order valence-corrected chi connectivity index (χ2v) is 7.64. The summed E-state index contributed by atoms with van der Waals surface area (Å²) in [7, 11) is 1.66. The third-order valence-corrected chi connectivity index (χ3v) is 5.64. The summed E-state index contributed by atoms with van der Waals surface area (Å²) in [5.74, 6) is 3.18. The van der Waals surface area contributed by atoms with Gasteiger partial charge in [0.2, 0.25) is 0 Å². The minimum Gasteiger partial charge on any atom is -0.493 e. The Hall–Kier alpha value is -3.10. The zero-order chi connectivity index (χ0) is 21.0. The Morgan fingerprint density at radius 3 is 2.74 bits per heavy atom. The van der Waals surface area contributed by atoms with Crippen molar-refractivity contribution in [2.45, 2.75) is 0 Å². The van der Waals surface area contributed by atoms with E-state index in [1.54, 1.807) is 7.11 Å². The monoisotopic (exact) mass is 421 g/mol. The van der Waals surface area contributed by atoms with Crippen LogP contribution in [0.4, 0.5) is 0 Å². The molecule has 3 heterocycles. The number of benzene rings is 2. The van der Waals surface area contributed by atoms with Crippen LogP contribution in [-0.2, 0) is 4.74 Å². The number of hydrogen-bond acceptors (Lipinski definition) is 7. The Morgan fingerprint density at radius 2 is 1.94 bits per heavy atom. The molecule has 1 saturated heterocycles. The second-order valence-electron chi connectivity index (χ2n) is 7.64. The quantitative estimate of drug-likeness (QED) is 0.609. The number of aromatic amines is 1. The average molecular weight is 422 g/mol. The zero-order valence-electron chi connectivity index (χ0n) is 17.7. The van der Waals surface area contributed by atoms with Gasteiger partial charge in [-0.25, -0.2) is 4.98 Å². The van der Waals surface area contributed by atoms with Gasteiger partial charge >= 0.3 is 0 Å². The molecule has 1 aromatic heterocycles. The second kappa shape index (κ2) is 8.95. The molecular formula is C23H27N5O3. The molecule has 0 aliphatic carbocycles. The first-order valence-corrected chi connectivity index (χ1v) is 10.7. The molecule has 0 bridgehead atoms. The van der Waals surface area contributed by atoms with Gasteiger partial charge in [-0.3, -0.25) is 9.89 Å². The van der Waals surface area contributed by atoms with Gasteiger partial charge in [0.25, 0.3) is 0 Å². The number of imidazole rings is 1. The van der Waals surface area contributed by atoms with Crippen LogP contribution in [0, 0.1) is 0 Å². The summed E-state index contributed by atoms with van der Waals surface area (Å²) in [6.45, 7) is 6.70. The van der Waals surface area contributed by atoms with E-state index in [0.717, 1.165) is 85.5 Å². The van der Waals surface area contributed by atoms with Crippen LogP contribution in [0.1, 0.15) is 5.56 Å². The topological polar surface area (TPSA) is 84.0 Å². The number of ether oxygens (including phenoxy) is 3. The summed E-state index contributed by atoms with van der Waals surface area (Å²) in [5, 5.41) is 3.31. The number of fused-ring (bicyclic) bond motifs is 1. The van der Waals surface area contributed by atoms with Crippen LogP contribution in [0.15, 0.2) is 41.4 Å². The van der Waals surface area contributed by atoms with Crippen molar-refractivity contribution < 1.29 is 14.2 Å². The molecule has 162 valence electrons.